The van der Waals surface area contributed by atoms with Crippen molar-refractivity contribution in [1.82, 2.24) is 0 Å². The van der Waals surface area contributed by atoms with Crippen molar-refractivity contribution >= 4 is 46.6 Å². The summed E-state index contributed by atoms with van der Waals surface area (Å²) < 4.78 is 0. The van der Waals surface area contributed by atoms with Crippen molar-refractivity contribution in [2.24, 2.45) is 5.92 Å². The Kier molecular flexibility index (Phi) is 10.6. The average Bonchev–Trinajstić information content (AvgIpc) is 3.59. The van der Waals surface area contributed by atoms with Crippen LogP contribution in [0.15, 0.2) is 146 Å². The average molecular weight is 852 g/mol. The van der Waals surface area contributed by atoms with Gasteiger partial charge in [0.05, 0.1) is 0 Å². The lowest BCUT2D eigenvalue weighted by atomic mass is 9.55. The zero-order valence-corrected chi connectivity index (χ0v) is 40.7. The summed E-state index contributed by atoms with van der Waals surface area (Å²) in [5, 5.41) is 4.10. The fourth-order valence-corrected chi connectivity index (χ4v) is 12.1. The summed E-state index contributed by atoms with van der Waals surface area (Å²) in [7, 11) is 2.52. The Morgan fingerprint density at radius 1 is 0.585 bits per heavy atom. The van der Waals surface area contributed by atoms with Gasteiger partial charge < -0.3 is 10.2 Å². The van der Waals surface area contributed by atoms with Crippen LogP contribution in [0.2, 0.25) is 0 Å². The summed E-state index contributed by atoms with van der Waals surface area (Å²) in [6.07, 6.45) is 16.1. The van der Waals surface area contributed by atoms with Crippen LogP contribution in [0.3, 0.4) is 0 Å². The molecule has 6 aromatic rings. The van der Waals surface area contributed by atoms with Crippen molar-refractivity contribution in [1.29, 1.82) is 0 Å². The number of nitrogens with zero attached hydrogens (tertiary/aromatic N) is 1. The monoisotopic (exact) mass is 852 g/mol. The maximum atomic E-state index is 4.10. The molecule has 1 aliphatic heterocycles. The maximum Gasteiger partial charge on any atom is 0.197 e. The predicted octanol–water partition coefficient (Wildman–Crippen LogP) is 15.4. The van der Waals surface area contributed by atoms with Gasteiger partial charge in [0.15, 0.2) is 7.28 Å². The molecule has 0 aromatic heterocycles. The smallest absolute Gasteiger partial charge is 0.197 e. The van der Waals surface area contributed by atoms with Gasteiger partial charge in [0.1, 0.15) is 0 Å². The molecule has 65 heavy (non-hydrogen) atoms. The van der Waals surface area contributed by atoms with E-state index in [-0.39, 0.29) is 27.1 Å². The Bertz CT molecular complexity index is 2870. The molecule has 10 rings (SSSR count). The van der Waals surface area contributed by atoms with Gasteiger partial charge in [-0.15, -0.1) is 0 Å². The van der Waals surface area contributed by atoms with E-state index in [1.165, 1.54) is 104 Å². The van der Waals surface area contributed by atoms with Crippen LogP contribution < -0.4 is 21.1 Å². The van der Waals surface area contributed by atoms with E-state index in [1.54, 1.807) is 0 Å². The Hall–Kier alpha value is -5.54. The van der Waals surface area contributed by atoms with E-state index in [2.05, 4.69) is 232 Å². The molecule has 329 valence electrons. The minimum Gasteiger partial charge on any atom is -0.355 e. The van der Waals surface area contributed by atoms with E-state index in [0.717, 1.165) is 24.2 Å². The fraction of sp³-hybridized carbons (Fsp3) is 0.355. The predicted molar refractivity (Wildman–Crippen MR) is 281 cm³/mol. The summed E-state index contributed by atoms with van der Waals surface area (Å²) in [6, 6.07) is 46.7. The minimum absolute atomic E-state index is 0.0896. The molecule has 2 nitrogen and oxygen atoms in total. The summed E-state index contributed by atoms with van der Waals surface area (Å²) in [4.78, 5) is 2.63. The number of nitrogens with one attached hydrogen (secondary N) is 1. The highest BCUT2D eigenvalue weighted by Gasteiger charge is 2.42. The van der Waals surface area contributed by atoms with Crippen molar-refractivity contribution in [2.75, 3.05) is 10.2 Å². The van der Waals surface area contributed by atoms with Crippen molar-refractivity contribution in [3.8, 4) is 11.1 Å². The van der Waals surface area contributed by atoms with Gasteiger partial charge in [-0.05, 0) is 159 Å². The molecule has 0 amide bonds. The largest absolute Gasteiger partial charge is 0.355 e. The van der Waals surface area contributed by atoms with Crippen LogP contribution in [0.4, 0.5) is 28.4 Å². The van der Waals surface area contributed by atoms with Crippen LogP contribution >= 0.6 is 0 Å². The SMILES string of the molecule is Cc1cc(-c2ccccc2Nc2ccccc2C(C)(c2ccccc2)C2C=CC=CCC2)c2c(c1)N(c1ccc3c(c1)C(C)(C)CCC3(C)C)c1cc3c(cc1[B]2)C(C)(C)CCC3(C)C. The number of hydrogen-bond acceptors (Lipinski definition) is 2. The number of benzene rings is 6. The zero-order chi connectivity index (χ0) is 45.5. The number of allylic oxidation sites excluding steroid dienone is 4. The van der Waals surface area contributed by atoms with Crippen LogP contribution in [0.5, 0.6) is 0 Å². The standard InChI is InChI=1S/C62H68BN2/c1-41-36-46(45-26-18-20-28-53(45)64-54-29-21-19-27-48(54)62(10,43-24-16-13-17-25-43)42-22-14-11-12-15-23-42)57-56(37-41)65(44-30-31-47-49(38-44)59(4,5)33-32-58(47,2)3)55-40-51-50(39-52(55)63-57)60(6,7)34-35-61(51,8)9/h11-14,16-22,24-31,36-40,42,64H,15,23,32-35H2,1-10H3. The van der Waals surface area contributed by atoms with Gasteiger partial charge in [-0.1, -0.05) is 177 Å². The summed E-state index contributed by atoms with van der Waals surface area (Å²) in [6.45, 7) is 24.3. The molecule has 2 atom stereocenters. The van der Waals surface area contributed by atoms with Gasteiger partial charge in [0, 0.05) is 39.4 Å². The lowest BCUT2D eigenvalue weighted by Crippen LogP contribution is -2.44. The molecule has 2 unspecified atom stereocenters. The van der Waals surface area contributed by atoms with E-state index in [1.807, 2.05) is 0 Å². The molecule has 1 radical (unpaired) electrons. The molecule has 1 N–H and O–H groups in total. The lowest BCUT2D eigenvalue weighted by Gasteiger charge is -2.45. The Labute approximate surface area is 391 Å². The van der Waals surface area contributed by atoms with Gasteiger partial charge >= 0.3 is 0 Å². The van der Waals surface area contributed by atoms with Crippen LogP contribution in [0.25, 0.3) is 11.1 Å². The highest BCUT2D eigenvalue weighted by molar-refractivity contribution is 6.73. The van der Waals surface area contributed by atoms with Gasteiger partial charge in [0.2, 0.25) is 0 Å². The number of anilines is 5. The Morgan fingerprint density at radius 3 is 1.92 bits per heavy atom. The molecule has 0 spiro atoms. The quantitative estimate of drug-likeness (QED) is 0.161. The van der Waals surface area contributed by atoms with E-state index in [0.29, 0.717) is 5.92 Å². The van der Waals surface area contributed by atoms with Crippen molar-refractivity contribution < 1.29 is 0 Å². The molecule has 0 saturated carbocycles. The first-order valence-corrected chi connectivity index (χ1v) is 24.5. The first-order valence-electron chi connectivity index (χ1n) is 24.5. The second kappa shape index (κ2) is 15.8. The second-order valence-corrected chi connectivity index (χ2v) is 22.7. The van der Waals surface area contributed by atoms with Crippen LogP contribution in [0.1, 0.15) is 140 Å². The molecule has 1 heterocycles. The first kappa shape index (κ1) is 43.4. The molecule has 6 aromatic carbocycles. The van der Waals surface area contributed by atoms with Gasteiger partial charge in [-0.2, -0.15) is 0 Å². The topological polar surface area (TPSA) is 15.3 Å². The van der Waals surface area contributed by atoms with Crippen molar-refractivity contribution in [3.05, 3.63) is 185 Å². The molecule has 3 aliphatic carbocycles. The third kappa shape index (κ3) is 7.42. The summed E-state index contributed by atoms with van der Waals surface area (Å²) >= 11 is 0. The summed E-state index contributed by atoms with van der Waals surface area (Å²) in [5.74, 6) is 0.323. The highest BCUT2D eigenvalue weighted by atomic mass is 15.2. The van der Waals surface area contributed by atoms with Gasteiger partial charge in [0.25, 0.3) is 0 Å². The third-order valence-electron chi connectivity index (χ3n) is 16.5. The number of hydrogen-bond donors (Lipinski definition) is 1. The first-order chi connectivity index (χ1) is 31.0. The Balaban J connectivity index is 1.16. The van der Waals surface area contributed by atoms with E-state index >= 15 is 0 Å². The number of para-hydroxylation sites is 2. The normalized spacial score (nSPS) is 20.5. The van der Waals surface area contributed by atoms with E-state index in [4.69, 9.17) is 0 Å². The Morgan fingerprint density at radius 2 is 1.20 bits per heavy atom. The van der Waals surface area contributed by atoms with Crippen LogP contribution in [-0.2, 0) is 27.1 Å². The summed E-state index contributed by atoms with van der Waals surface area (Å²) in [5.41, 5.74) is 21.1. The van der Waals surface area contributed by atoms with Crippen molar-refractivity contribution in [2.45, 2.75) is 135 Å². The molecular weight excluding hydrogens is 784 g/mol. The van der Waals surface area contributed by atoms with E-state index in [9.17, 15) is 0 Å². The van der Waals surface area contributed by atoms with Crippen LogP contribution in [-0.4, -0.2) is 7.28 Å². The second-order valence-electron chi connectivity index (χ2n) is 22.7. The highest BCUT2D eigenvalue weighted by Crippen LogP contribution is 2.52. The maximum absolute atomic E-state index is 4.10. The van der Waals surface area contributed by atoms with Gasteiger partial charge in [-0.3, -0.25) is 0 Å². The van der Waals surface area contributed by atoms with Gasteiger partial charge in [-0.25, -0.2) is 0 Å². The lowest BCUT2D eigenvalue weighted by molar-refractivity contribution is 0.332. The number of fused-ring (bicyclic) bond motifs is 4. The molecular formula is C62H68BN2. The third-order valence-corrected chi connectivity index (χ3v) is 16.5. The van der Waals surface area contributed by atoms with E-state index < -0.39 is 0 Å². The van der Waals surface area contributed by atoms with Crippen LogP contribution in [0, 0.1) is 12.8 Å². The molecule has 3 heteroatoms. The minimum atomic E-state index is -0.261. The zero-order valence-electron chi connectivity index (χ0n) is 40.7. The molecule has 0 fully saturated rings. The number of rotatable bonds is 7. The molecule has 0 saturated heterocycles. The number of aryl methyl sites for hydroxylation is 1. The molecule has 4 aliphatic rings. The fourth-order valence-electron chi connectivity index (χ4n) is 12.1. The van der Waals surface area contributed by atoms with Crippen molar-refractivity contribution in [3.63, 3.8) is 0 Å². The molecule has 0 bridgehead atoms.